The van der Waals surface area contributed by atoms with E-state index >= 15 is 0 Å². The zero-order chi connectivity index (χ0) is 18.4. The number of rotatable bonds is 4. The number of para-hydroxylation sites is 1. The summed E-state index contributed by atoms with van der Waals surface area (Å²) in [7, 11) is 1.52. The van der Waals surface area contributed by atoms with Crippen LogP contribution in [0.3, 0.4) is 0 Å². The first-order valence-corrected chi connectivity index (χ1v) is 9.49. The highest BCUT2D eigenvalue weighted by Crippen LogP contribution is 2.62. The molecule has 0 unspecified atom stereocenters. The van der Waals surface area contributed by atoms with Gasteiger partial charge in [0.15, 0.2) is 0 Å². The van der Waals surface area contributed by atoms with Gasteiger partial charge in [0.1, 0.15) is 0 Å². The fourth-order valence-corrected chi connectivity index (χ4v) is 5.75. The maximum absolute atomic E-state index is 12.8. The van der Waals surface area contributed by atoms with Crippen LogP contribution >= 0.6 is 0 Å². The summed E-state index contributed by atoms with van der Waals surface area (Å²) in [6, 6.07) is 11.0. The van der Waals surface area contributed by atoms with Gasteiger partial charge in [-0.05, 0) is 57.7 Å². The standard InChI is InChI=1S/C22H31NO2/c1-7-19-22(8-2)14-18(20(24)25-6)21(5,15(3)16(22)4)23(19)17-12-10-9-11-13-17/h9-13,18-19H,7-8,14H2,1-6H3/t18-,19-,21+,22+/m1/s1. The van der Waals surface area contributed by atoms with E-state index in [2.05, 4.69) is 69.9 Å². The van der Waals surface area contributed by atoms with Crippen molar-refractivity contribution in [1.82, 2.24) is 0 Å². The molecule has 0 spiro atoms. The molecule has 0 radical (unpaired) electrons. The zero-order valence-corrected chi connectivity index (χ0v) is 16.4. The number of esters is 1. The minimum absolute atomic E-state index is 0.0330. The lowest BCUT2D eigenvalue weighted by atomic mass is 9.50. The zero-order valence-electron chi connectivity index (χ0n) is 16.4. The number of ether oxygens (including phenoxy) is 1. The Kier molecular flexibility index (Phi) is 4.47. The first-order chi connectivity index (χ1) is 11.9. The molecule has 1 aromatic carbocycles. The summed E-state index contributed by atoms with van der Waals surface area (Å²) < 4.78 is 5.25. The molecule has 0 saturated carbocycles. The molecule has 0 aromatic heterocycles. The quantitative estimate of drug-likeness (QED) is 0.572. The first kappa shape index (κ1) is 18.0. The highest BCUT2D eigenvalue weighted by molar-refractivity contribution is 5.79. The Morgan fingerprint density at radius 1 is 1.20 bits per heavy atom. The highest BCUT2D eigenvalue weighted by atomic mass is 16.5. The molecular formula is C22H31NO2. The van der Waals surface area contributed by atoms with Gasteiger partial charge in [0.2, 0.25) is 0 Å². The summed E-state index contributed by atoms with van der Waals surface area (Å²) in [4.78, 5) is 15.3. The fraction of sp³-hybridized carbons (Fsp3) is 0.591. The van der Waals surface area contributed by atoms with Gasteiger partial charge in [-0.25, -0.2) is 0 Å². The van der Waals surface area contributed by atoms with Crippen molar-refractivity contribution in [2.45, 2.75) is 65.5 Å². The molecule has 0 amide bonds. The van der Waals surface area contributed by atoms with Crippen LogP contribution in [0.5, 0.6) is 0 Å². The van der Waals surface area contributed by atoms with Crippen LogP contribution in [0.1, 0.15) is 53.9 Å². The van der Waals surface area contributed by atoms with E-state index in [0.29, 0.717) is 6.04 Å². The smallest absolute Gasteiger partial charge is 0.311 e. The lowest BCUT2D eigenvalue weighted by Gasteiger charge is -2.67. The molecular weight excluding hydrogens is 310 g/mol. The van der Waals surface area contributed by atoms with Gasteiger partial charge in [-0.1, -0.05) is 37.6 Å². The Morgan fingerprint density at radius 3 is 2.36 bits per heavy atom. The third-order valence-electron chi connectivity index (χ3n) is 7.30. The molecule has 1 aliphatic carbocycles. The third-order valence-corrected chi connectivity index (χ3v) is 7.30. The minimum atomic E-state index is -0.337. The van der Waals surface area contributed by atoms with E-state index in [1.807, 2.05) is 0 Å². The molecule has 0 N–H and O–H groups in total. The molecule has 2 bridgehead atoms. The van der Waals surface area contributed by atoms with E-state index in [1.54, 1.807) is 0 Å². The molecule has 4 rings (SSSR count). The van der Waals surface area contributed by atoms with E-state index in [9.17, 15) is 4.79 Å². The van der Waals surface area contributed by atoms with Crippen LogP contribution in [0.15, 0.2) is 41.5 Å². The van der Waals surface area contributed by atoms with E-state index in [0.717, 1.165) is 19.3 Å². The van der Waals surface area contributed by atoms with Crippen molar-refractivity contribution in [2.24, 2.45) is 11.3 Å². The predicted octanol–water partition coefficient (Wildman–Crippen LogP) is 4.97. The average molecular weight is 341 g/mol. The molecule has 1 fully saturated rings. The Hall–Kier alpha value is -1.77. The molecule has 136 valence electrons. The summed E-state index contributed by atoms with van der Waals surface area (Å²) in [6.07, 6.45) is 3.00. The second-order valence-corrected chi connectivity index (χ2v) is 7.82. The van der Waals surface area contributed by atoms with Gasteiger partial charge in [-0.15, -0.1) is 0 Å². The molecule has 2 aliphatic heterocycles. The third kappa shape index (κ3) is 2.21. The maximum atomic E-state index is 12.8. The number of hydrogen-bond acceptors (Lipinski definition) is 3. The summed E-state index contributed by atoms with van der Waals surface area (Å²) in [5.41, 5.74) is 3.72. The topological polar surface area (TPSA) is 29.5 Å². The van der Waals surface area contributed by atoms with Crippen molar-refractivity contribution < 1.29 is 9.53 Å². The van der Waals surface area contributed by atoms with Crippen LogP contribution < -0.4 is 4.90 Å². The fourth-order valence-electron chi connectivity index (χ4n) is 5.75. The number of piperidine rings is 1. The van der Waals surface area contributed by atoms with Gasteiger partial charge < -0.3 is 9.64 Å². The Balaban J connectivity index is 2.29. The van der Waals surface area contributed by atoms with Crippen LogP contribution in [-0.4, -0.2) is 24.7 Å². The van der Waals surface area contributed by atoms with Gasteiger partial charge >= 0.3 is 5.97 Å². The number of anilines is 1. The second-order valence-electron chi connectivity index (χ2n) is 7.82. The molecule has 1 saturated heterocycles. The van der Waals surface area contributed by atoms with Crippen molar-refractivity contribution in [2.75, 3.05) is 12.0 Å². The van der Waals surface area contributed by atoms with Crippen molar-refractivity contribution in [1.29, 1.82) is 0 Å². The van der Waals surface area contributed by atoms with Crippen LogP contribution in [0, 0.1) is 11.3 Å². The number of benzene rings is 1. The van der Waals surface area contributed by atoms with Gasteiger partial charge in [0.05, 0.1) is 18.6 Å². The van der Waals surface area contributed by atoms with Crippen molar-refractivity contribution in [3.05, 3.63) is 41.5 Å². The van der Waals surface area contributed by atoms with Gasteiger partial charge in [0.25, 0.3) is 0 Å². The Bertz CT molecular complexity index is 695. The molecule has 2 heterocycles. The lowest BCUT2D eigenvalue weighted by Crippen LogP contribution is -2.72. The van der Waals surface area contributed by atoms with Crippen LogP contribution in [0.2, 0.25) is 0 Å². The first-order valence-electron chi connectivity index (χ1n) is 9.49. The summed E-state index contributed by atoms with van der Waals surface area (Å²) in [6.45, 7) is 11.3. The molecule has 4 atom stereocenters. The number of methoxy groups -OCH3 is 1. The molecule has 1 aromatic rings. The predicted molar refractivity (Wildman–Crippen MR) is 103 cm³/mol. The lowest BCUT2D eigenvalue weighted by molar-refractivity contribution is -0.151. The number of fused-ring (bicyclic) bond motifs is 2. The van der Waals surface area contributed by atoms with Gasteiger partial charge in [0, 0.05) is 17.1 Å². The van der Waals surface area contributed by atoms with Crippen molar-refractivity contribution in [3.8, 4) is 0 Å². The summed E-state index contributed by atoms with van der Waals surface area (Å²) >= 11 is 0. The normalized spacial score (nSPS) is 34.4. The van der Waals surface area contributed by atoms with E-state index in [-0.39, 0.29) is 22.8 Å². The van der Waals surface area contributed by atoms with E-state index < -0.39 is 0 Å². The molecule has 3 nitrogen and oxygen atoms in total. The van der Waals surface area contributed by atoms with Crippen LogP contribution in [0.4, 0.5) is 5.69 Å². The molecule has 25 heavy (non-hydrogen) atoms. The Labute approximate surface area is 152 Å². The summed E-state index contributed by atoms with van der Waals surface area (Å²) in [5.74, 6) is -0.216. The van der Waals surface area contributed by atoms with Crippen LogP contribution in [0.25, 0.3) is 0 Å². The van der Waals surface area contributed by atoms with Gasteiger partial charge in [-0.3, -0.25) is 4.79 Å². The minimum Gasteiger partial charge on any atom is -0.469 e. The number of carbonyl (C=O) groups excluding carboxylic acids is 1. The number of hydrogen-bond donors (Lipinski definition) is 0. The SMILES string of the molecule is CC[C@H]1N(c2ccccc2)[C@@]2(C)C(C)=C(C)[C@]1(CC)C[C@@H]2C(=O)OC. The van der Waals surface area contributed by atoms with Crippen molar-refractivity contribution in [3.63, 3.8) is 0 Å². The molecule has 3 heteroatoms. The maximum Gasteiger partial charge on any atom is 0.311 e. The monoisotopic (exact) mass is 341 g/mol. The van der Waals surface area contributed by atoms with Gasteiger partial charge in [-0.2, -0.15) is 0 Å². The van der Waals surface area contributed by atoms with Crippen molar-refractivity contribution >= 4 is 11.7 Å². The largest absolute Gasteiger partial charge is 0.469 e. The summed E-state index contributed by atoms with van der Waals surface area (Å²) in [5, 5.41) is 0. The van der Waals surface area contributed by atoms with E-state index in [1.165, 1.54) is 23.9 Å². The number of nitrogens with zero attached hydrogens (tertiary/aromatic N) is 1. The van der Waals surface area contributed by atoms with E-state index in [4.69, 9.17) is 4.74 Å². The molecule has 3 aliphatic rings. The van der Waals surface area contributed by atoms with Crippen LogP contribution in [-0.2, 0) is 9.53 Å². The average Bonchev–Trinajstić information content (AvgIpc) is 2.65. The Morgan fingerprint density at radius 2 is 1.84 bits per heavy atom. The second kappa shape index (κ2) is 6.19. The highest BCUT2D eigenvalue weighted by Gasteiger charge is 2.64. The number of carbonyl (C=O) groups is 1.